The van der Waals surface area contributed by atoms with Gasteiger partial charge in [-0.1, -0.05) is 48.9 Å². The molecule has 48 heavy (non-hydrogen) atoms. The van der Waals surface area contributed by atoms with Crippen molar-refractivity contribution in [2.24, 2.45) is 17.4 Å². The number of hydrogen-bond acceptors (Lipinski definition) is 6. The number of hydrogen-bond donors (Lipinski definition) is 3. The van der Waals surface area contributed by atoms with Crippen molar-refractivity contribution in [2.45, 2.75) is 62.3 Å². The number of alkyl halides is 1. The summed E-state index contributed by atoms with van der Waals surface area (Å²) in [7, 11) is 1.29. The lowest BCUT2D eigenvalue weighted by Gasteiger charge is -2.37. The first-order valence-electron chi connectivity index (χ1n) is 16.3. The minimum Gasteiger partial charge on any atom is -0.494 e. The minimum absolute atomic E-state index is 0.0167. The molecule has 2 heterocycles. The molecule has 2 aliphatic heterocycles. The maximum Gasteiger partial charge on any atom is 0.249 e. The Balaban J connectivity index is 1.30. The van der Waals surface area contributed by atoms with E-state index in [1.54, 1.807) is 4.90 Å². The number of halogens is 4. The minimum atomic E-state index is -1.51. The van der Waals surface area contributed by atoms with Gasteiger partial charge >= 0.3 is 0 Å². The van der Waals surface area contributed by atoms with E-state index in [9.17, 15) is 14.0 Å². The third-order valence-corrected chi connectivity index (χ3v) is 10.8. The Kier molecular flexibility index (Phi) is 9.41. The summed E-state index contributed by atoms with van der Waals surface area (Å²) in [5.74, 6) is -3.35. The number of benzene rings is 3. The van der Waals surface area contributed by atoms with Gasteiger partial charge in [-0.2, -0.15) is 0 Å². The van der Waals surface area contributed by atoms with Crippen LogP contribution < -0.4 is 26.3 Å². The van der Waals surface area contributed by atoms with Crippen molar-refractivity contribution in [3.05, 3.63) is 81.9 Å². The van der Waals surface area contributed by atoms with Crippen LogP contribution in [0.2, 0.25) is 5.02 Å². The van der Waals surface area contributed by atoms with Crippen molar-refractivity contribution in [1.29, 1.82) is 0 Å². The summed E-state index contributed by atoms with van der Waals surface area (Å²) in [6.45, 7) is 2.53. The molecule has 256 valence electrons. The Morgan fingerprint density at radius 2 is 1.81 bits per heavy atom. The lowest BCUT2D eigenvalue weighted by molar-refractivity contribution is -0.136. The maximum atomic E-state index is 16.0. The molecule has 3 aliphatic rings. The van der Waals surface area contributed by atoms with Crippen LogP contribution in [0.1, 0.15) is 66.4 Å². The van der Waals surface area contributed by atoms with Crippen LogP contribution in [-0.2, 0) is 10.4 Å². The van der Waals surface area contributed by atoms with Crippen molar-refractivity contribution in [3.8, 4) is 22.6 Å². The average molecular weight is 685 g/mol. The average Bonchev–Trinajstić information content (AvgIpc) is 3.62. The summed E-state index contributed by atoms with van der Waals surface area (Å²) in [4.78, 5) is 27.3. The van der Waals surface area contributed by atoms with E-state index in [-0.39, 0.29) is 70.6 Å². The number of primary amides is 1. The zero-order valence-electron chi connectivity index (χ0n) is 27.0. The summed E-state index contributed by atoms with van der Waals surface area (Å²) in [5, 5.41) is 3.28. The smallest absolute Gasteiger partial charge is 0.249 e. The number of nitrogens with zero attached hydrogens (tertiary/aromatic N) is 1. The Bertz CT molecular complexity index is 1720. The second kappa shape index (κ2) is 13.2. The second-order valence-corrected chi connectivity index (χ2v) is 13.6. The quantitative estimate of drug-likeness (QED) is 0.261. The molecule has 3 aromatic rings. The van der Waals surface area contributed by atoms with E-state index in [1.165, 1.54) is 25.3 Å². The molecular weight excluding hydrogens is 645 g/mol. The Labute approximate surface area is 282 Å². The van der Waals surface area contributed by atoms with Gasteiger partial charge in [0.15, 0.2) is 17.2 Å². The lowest BCUT2D eigenvalue weighted by atomic mass is 9.77. The molecule has 0 bridgehead atoms. The highest BCUT2D eigenvalue weighted by atomic mass is 35.5. The predicted octanol–water partition coefficient (Wildman–Crippen LogP) is 5.83. The monoisotopic (exact) mass is 684 g/mol. The third-order valence-electron chi connectivity index (χ3n) is 10.5. The molecule has 1 aliphatic carbocycles. The number of fused-ring (bicyclic) bond motifs is 1. The fourth-order valence-electron chi connectivity index (χ4n) is 7.67. The number of likely N-dealkylation sites (tertiary alicyclic amines) is 1. The van der Waals surface area contributed by atoms with Crippen LogP contribution in [-0.4, -0.2) is 61.7 Å². The molecule has 12 heteroatoms. The van der Waals surface area contributed by atoms with Crippen molar-refractivity contribution < 1.29 is 32.2 Å². The van der Waals surface area contributed by atoms with E-state index in [0.717, 1.165) is 18.4 Å². The van der Waals surface area contributed by atoms with Gasteiger partial charge < -0.3 is 31.2 Å². The standard InChI is InChI=1S/C36H40ClF3N4O4/c1-20-28-27(16-25(38)31(37)30(28)29-24(33(42)45)12-13-26(47-2)32(29)39)48-36(20,22-6-4-3-5-7-22)18-43-23-10-8-21(9-11-23)34(46)44-15-14-35(40,17-41)19-44/h3-7,12-13,16,20-21,23,43H,8-11,14-15,17-19,41H2,1-2H3,(H2,42,45)/t20-,21?,23?,35-,36-/m0/s1. The second-order valence-electron chi connectivity index (χ2n) is 13.2. The van der Waals surface area contributed by atoms with Crippen LogP contribution in [0.3, 0.4) is 0 Å². The molecule has 1 saturated heterocycles. The summed E-state index contributed by atoms with van der Waals surface area (Å²) in [5.41, 5.74) is 9.46. The molecule has 5 N–H and O–H groups in total. The Morgan fingerprint density at radius 1 is 1.10 bits per heavy atom. The zero-order valence-corrected chi connectivity index (χ0v) is 27.7. The number of amides is 2. The molecule has 2 fully saturated rings. The number of ether oxygens (including phenoxy) is 2. The number of carbonyl (C=O) groups is 2. The number of rotatable bonds is 9. The highest BCUT2D eigenvalue weighted by Crippen LogP contribution is 2.56. The van der Waals surface area contributed by atoms with Crippen molar-refractivity contribution in [1.82, 2.24) is 10.2 Å². The van der Waals surface area contributed by atoms with E-state index in [4.69, 9.17) is 32.5 Å². The molecule has 2 amide bonds. The maximum absolute atomic E-state index is 16.0. The van der Waals surface area contributed by atoms with Gasteiger partial charge in [-0.15, -0.1) is 0 Å². The van der Waals surface area contributed by atoms with Gasteiger partial charge in [0, 0.05) is 66.7 Å². The third kappa shape index (κ3) is 5.90. The van der Waals surface area contributed by atoms with Crippen LogP contribution >= 0.6 is 11.6 Å². The summed E-state index contributed by atoms with van der Waals surface area (Å²) in [6, 6.07) is 13.3. The van der Waals surface area contributed by atoms with E-state index in [0.29, 0.717) is 31.5 Å². The first-order chi connectivity index (χ1) is 22.9. The fourth-order valence-corrected chi connectivity index (χ4v) is 7.92. The number of nitrogens with two attached hydrogens (primary N) is 2. The van der Waals surface area contributed by atoms with Crippen molar-refractivity contribution in [3.63, 3.8) is 0 Å². The first kappa shape index (κ1) is 34.1. The number of nitrogens with one attached hydrogen (secondary N) is 1. The lowest BCUT2D eigenvalue weighted by Crippen LogP contribution is -2.48. The van der Waals surface area contributed by atoms with Gasteiger partial charge in [0.1, 0.15) is 17.2 Å². The molecular formula is C36H40ClF3N4O4. The highest BCUT2D eigenvalue weighted by molar-refractivity contribution is 6.34. The molecule has 6 rings (SSSR count). The van der Waals surface area contributed by atoms with Crippen LogP contribution in [0.5, 0.6) is 11.5 Å². The molecule has 0 radical (unpaired) electrons. The van der Waals surface area contributed by atoms with Crippen LogP contribution in [0.25, 0.3) is 11.1 Å². The zero-order chi connectivity index (χ0) is 34.4. The van der Waals surface area contributed by atoms with E-state index < -0.39 is 34.7 Å². The van der Waals surface area contributed by atoms with Crippen LogP contribution in [0.15, 0.2) is 48.5 Å². The Hall–Kier alpha value is -3.80. The molecule has 3 atom stereocenters. The SMILES string of the molecule is COc1ccc(C(N)=O)c(-c2c(Cl)c(F)cc3c2[C@H](C)[C@@](CNC2CCC(C(=O)N4CC[C@](F)(CN)C4)CC2)(c2ccccc2)O3)c1F. The molecule has 3 aromatic carbocycles. The van der Waals surface area contributed by atoms with Crippen molar-refractivity contribution in [2.75, 3.05) is 33.3 Å². The summed E-state index contributed by atoms with van der Waals surface area (Å²) in [6.07, 6.45) is 3.01. The van der Waals surface area contributed by atoms with Crippen LogP contribution in [0.4, 0.5) is 13.2 Å². The predicted molar refractivity (Wildman–Crippen MR) is 177 cm³/mol. The van der Waals surface area contributed by atoms with Gasteiger partial charge in [0.2, 0.25) is 11.8 Å². The van der Waals surface area contributed by atoms with Gasteiger partial charge in [0.25, 0.3) is 0 Å². The normalized spacial score (nSPS) is 26.6. The molecule has 1 saturated carbocycles. The van der Waals surface area contributed by atoms with Gasteiger partial charge in [-0.25, -0.2) is 13.2 Å². The summed E-state index contributed by atoms with van der Waals surface area (Å²) < 4.78 is 58.1. The van der Waals surface area contributed by atoms with E-state index in [2.05, 4.69) is 5.32 Å². The topological polar surface area (TPSA) is 120 Å². The molecule has 8 nitrogen and oxygen atoms in total. The fraction of sp³-hybridized carbons (Fsp3) is 0.444. The van der Waals surface area contributed by atoms with Gasteiger partial charge in [-0.05, 0) is 43.4 Å². The van der Waals surface area contributed by atoms with Gasteiger partial charge in [0.05, 0.1) is 24.2 Å². The highest BCUT2D eigenvalue weighted by Gasteiger charge is 2.50. The van der Waals surface area contributed by atoms with Crippen molar-refractivity contribution >= 4 is 23.4 Å². The molecule has 0 aromatic heterocycles. The largest absolute Gasteiger partial charge is 0.494 e. The van der Waals surface area contributed by atoms with E-state index >= 15 is 8.78 Å². The molecule has 0 spiro atoms. The van der Waals surface area contributed by atoms with Crippen LogP contribution in [0, 0.1) is 17.6 Å². The molecule has 0 unspecified atom stereocenters. The number of methoxy groups -OCH3 is 1. The first-order valence-corrected chi connectivity index (χ1v) is 16.6. The van der Waals surface area contributed by atoms with E-state index in [1.807, 2.05) is 37.3 Å². The summed E-state index contributed by atoms with van der Waals surface area (Å²) >= 11 is 6.61. The Morgan fingerprint density at radius 3 is 2.44 bits per heavy atom. The van der Waals surface area contributed by atoms with Gasteiger partial charge in [-0.3, -0.25) is 9.59 Å². The number of carbonyl (C=O) groups excluding carboxylic acids is 2.